The summed E-state index contributed by atoms with van der Waals surface area (Å²) in [5.41, 5.74) is 0.731. The zero-order chi connectivity index (χ0) is 24.7. The highest BCUT2D eigenvalue weighted by molar-refractivity contribution is 7.90. The molecule has 2 atom stereocenters. The normalized spacial score (nSPS) is 21.7. The predicted molar refractivity (Wildman–Crippen MR) is 123 cm³/mol. The Morgan fingerprint density at radius 2 is 2.12 bits per heavy atom. The van der Waals surface area contributed by atoms with Gasteiger partial charge in [-0.25, -0.2) is 27.6 Å². The van der Waals surface area contributed by atoms with E-state index < -0.39 is 15.7 Å². The molecule has 1 aromatic heterocycles. The minimum absolute atomic E-state index is 0.0210. The Kier molecular flexibility index (Phi) is 6.41. The summed E-state index contributed by atoms with van der Waals surface area (Å²) in [6, 6.07) is 3.67. The van der Waals surface area contributed by atoms with E-state index >= 15 is 0 Å². The molecule has 1 aromatic carbocycles. The molecule has 0 bridgehead atoms. The van der Waals surface area contributed by atoms with Crippen LogP contribution in [0, 0.1) is 24.1 Å². The number of aromatic nitrogens is 2. The largest absolute Gasteiger partial charge is 0.477 e. The van der Waals surface area contributed by atoms with E-state index in [1.54, 1.807) is 11.8 Å². The minimum atomic E-state index is -3.51. The summed E-state index contributed by atoms with van der Waals surface area (Å²) in [5.74, 6) is 0.425. The van der Waals surface area contributed by atoms with Crippen molar-refractivity contribution in [2.24, 2.45) is 11.3 Å². The second-order valence-electron chi connectivity index (χ2n) is 9.37. The molecule has 184 valence electrons. The summed E-state index contributed by atoms with van der Waals surface area (Å²) >= 11 is 0. The van der Waals surface area contributed by atoms with E-state index in [1.165, 1.54) is 18.5 Å². The van der Waals surface area contributed by atoms with E-state index in [0.717, 1.165) is 25.2 Å². The van der Waals surface area contributed by atoms with Crippen LogP contribution in [0.25, 0.3) is 0 Å². The molecule has 1 aliphatic heterocycles. The first kappa shape index (κ1) is 24.2. The lowest BCUT2D eigenvalue weighted by Gasteiger charge is -2.31. The summed E-state index contributed by atoms with van der Waals surface area (Å²) < 4.78 is 49.1. The molecule has 2 aromatic rings. The number of likely N-dealkylation sites (tertiary alicyclic amines) is 1. The highest BCUT2D eigenvalue weighted by Gasteiger charge is 2.58. The third-order valence-electron chi connectivity index (χ3n) is 6.43. The van der Waals surface area contributed by atoms with Crippen LogP contribution in [0.1, 0.15) is 32.3 Å². The molecule has 1 amide bonds. The summed E-state index contributed by atoms with van der Waals surface area (Å²) in [5, 5.41) is 2.89. The third kappa shape index (κ3) is 5.08. The van der Waals surface area contributed by atoms with Gasteiger partial charge in [-0.05, 0) is 57.7 Å². The maximum Gasteiger partial charge on any atom is 0.410 e. The second kappa shape index (κ2) is 9.01. The van der Waals surface area contributed by atoms with Gasteiger partial charge < -0.3 is 19.7 Å². The summed E-state index contributed by atoms with van der Waals surface area (Å²) in [4.78, 5) is 22.2. The molecule has 2 fully saturated rings. The maximum atomic E-state index is 14.5. The van der Waals surface area contributed by atoms with Crippen molar-refractivity contribution < 1.29 is 27.1 Å². The first-order valence-electron chi connectivity index (χ1n) is 11.1. The molecule has 9 nitrogen and oxygen atoms in total. The molecule has 0 spiro atoms. The first-order valence-corrected chi connectivity index (χ1v) is 13.0. The zero-order valence-corrected chi connectivity index (χ0v) is 20.5. The van der Waals surface area contributed by atoms with E-state index in [0.29, 0.717) is 42.9 Å². The number of carbonyl (C=O) groups is 1. The molecule has 2 heterocycles. The number of anilines is 2. The molecule has 2 aliphatic rings. The Balaban J connectivity index is 1.39. The summed E-state index contributed by atoms with van der Waals surface area (Å²) in [6.07, 6.45) is 3.76. The van der Waals surface area contributed by atoms with Crippen molar-refractivity contribution in [2.75, 3.05) is 31.3 Å². The Morgan fingerprint density at radius 1 is 1.35 bits per heavy atom. The van der Waals surface area contributed by atoms with Crippen molar-refractivity contribution in [1.82, 2.24) is 14.9 Å². The second-order valence-corrected chi connectivity index (χ2v) is 11.4. The lowest BCUT2D eigenvalue weighted by molar-refractivity contribution is 0.0586. The van der Waals surface area contributed by atoms with E-state index in [2.05, 4.69) is 15.3 Å². The van der Waals surface area contributed by atoms with Crippen molar-refractivity contribution in [2.45, 2.75) is 44.6 Å². The number of piperidine rings is 1. The zero-order valence-electron chi connectivity index (χ0n) is 19.7. The van der Waals surface area contributed by atoms with E-state index in [1.807, 2.05) is 13.8 Å². The van der Waals surface area contributed by atoms with Crippen LogP contribution >= 0.6 is 0 Å². The van der Waals surface area contributed by atoms with Gasteiger partial charge in [0.1, 0.15) is 18.0 Å². The van der Waals surface area contributed by atoms with Gasteiger partial charge in [0, 0.05) is 24.8 Å². The van der Waals surface area contributed by atoms with Gasteiger partial charge in [-0.1, -0.05) is 0 Å². The Bertz CT molecular complexity index is 1210. The van der Waals surface area contributed by atoms with E-state index in [-0.39, 0.29) is 28.2 Å². The van der Waals surface area contributed by atoms with Crippen molar-refractivity contribution in [3.8, 4) is 5.88 Å². The molecule has 1 aliphatic carbocycles. The van der Waals surface area contributed by atoms with Gasteiger partial charge in [0.15, 0.2) is 9.84 Å². The van der Waals surface area contributed by atoms with Crippen LogP contribution in [0.15, 0.2) is 29.4 Å². The number of nitrogens with zero attached hydrogens (tertiary/aromatic N) is 3. The summed E-state index contributed by atoms with van der Waals surface area (Å²) in [7, 11) is -3.51. The quantitative estimate of drug-likeness (QED) is 0.623. The lowest BCUT2D eigenvalue weighted by Crippen LogP contribution is -2.41. The third-order valence-corrected chi connectivity index (χ3v) is 7.54. The fourth-order valence-electron chi connectivity index (χ4n) is 4.28. The molecule has 1 saturated carbocycles. The summed E-state index contributed by atoms with van der Waals surface area (Å²) in [6.45, 7) is 7.20. The number of halogens is 1. The van der Waals surface area contributed by atoms with Crippen molar-refractivity contribution in [1.29, 1.82) is 0 Å². The molecule has 1 saturated heterocycles. The van der Waals surface area contributed by atoms with Gasteiger partial charge in [-0.3, -0.25) is 0 Å². The van der Waals surface area contributed by atoms with Crippen molar-refractivity contribution in [3.63, 3.8) is 0 Å². The van der Waals surface area contributed by atoms with Gasteiger partial charge >= 0.3 is 6.09 Å². The minimum Gasteiger partial charge on any atom is -0.477 e. The number of benzene rings is 1. The van der Waals surface area contributed by atoms with Crippen LogP contribution in [-0.2, 0) is 14.6 Å². The average Bonchev–Trinajstić information content (AvgIpc) is 3.48. The molecule has 4 rings (SSSR count). The first-order chi connectivity index (χ1) is 16.0. The van der Waals surface area contributed by atoms with Crippen LogP contribution in [0.3, 0.4) is 0 Å². The fraction of sp³-hybridized carbons (Fsp3) is 0.522. The SMILES string of the molecule is Cc1c(Nc2ccc(S(C)(=O)=O)cc2F)ncnc1OCC12CCN(C(=O)OC(C)C)CC1C2. The van der Waals surface area contributed by atoms with Crippen LogP contribution in [0.5, 0.6) is 5.88 Å². The van der Waals surface area contributed by atoms with E-state index in [4.69, 9.17) is 9.47 Å². The molecule has 34 heavy (non-hydrogen) atoms. The Hall–Kier alpha value is -2.95. The highest BCUT2D eigenvalue weighted by atomic mass is 32.2. The number of hydrogen-bond donors (Lipinski definition) is 1. The predicted octanol–water partition coefficient (Wildman–Crippen LogP) is 3.71. The van der Waals surface area contributed by atoms with Gasteiger partial charge in [0.05, 0.1) is 28.9 Å². The Morgan fingerprint density at radius 3 is 2.76 bits per heavy atom. The molecule has 0 radical (unpaired) electrons. The molecular formula is C23H29FN4O5S. The number of carbonyl (C=O) groups excluding carboxylic acids is 1. The van der Waals surface area contributed by atoms with Gasteiger partial charge in [-0.15, -0.1) is 0 Å². The number of fused-ring (bicyclic) bond motifs is 1. The number of amides is 1. The molecule has 1 N–H and O–H groups in total. The molecule has 11 heteroatoms. The van der Waals surface area contributed by atoms with Gasteiger partial charge in [0.2, 0.25) is 5.88 Å². The standard InChI is InChI=1S/C23H29FN4O5S/c1-14(2)33-22(29)28-8-7-23(10-16(23)11-28)12-32-21-15(3)20(25-13-26-21)27-19-6-5-17(9-18(19)24)34(4,30)31/h5-6,9,13-14,16H,7-8,10-12H2,1-4H3,(H,25,26,27). The van der Waals surface area contributed by atoms with Crippen LogP contribution in [0.2, 0.25) is 0 Å². The number of ether oxygens (including phenoxy) is 2. The van der Waals surface area contributed by atoms with Crippen LogP contribution in [0.4, 0.5) is 20.7 Å². The number of sulfone groups is 1. The Labute approximate surface area is 198 Å². The fourth-order valence-corrected chi connectivity index (χ4v) is 4.91. The van der Waals surface area contributed by atoms with Crippen molar-refractivity contribution in [3.05, 3.63) is 35.9 Å². The van der Waals surface area contributed by atoms with E-state index in [9.17, 15) is 17.6 Å². The molecular weight excluding hydrogens is 463 g/mol. The monoisotopic (exact) mass is 492 g/mol. The highest BCUT2D eigenvalue weighted by Crippen LogP contribution is 2.58. The van der Waals surface area contributed by atoms with Crippen molar-refractivity contribution >= 4 is 27.4 Å². The number of rotatable bonds is 7. The molecule has 2 unspecified atom stereocenters. The average molecular weight is 493 g/mol. The van der Waals surface area contributed by atoms with Gasteiger partial charge in [-0.2, -0.15) is 0 Å². The lowest BCUT2D eigenvalue weighted by atomic mass is 9.96. The smallest absolute Gasteiger partial charge is 0.410 e. The topological polar surface area (TPSA) is 111 Å². The maximum absolute atomic E-state index is 14.5. The number of nitrogens with one attached hydrogen (secondary N) is 1. The van der Waals surface area contributed by atoms with Crippen LogP contribution < -0.4 is 10.1 Å². The number of hydrogen-bond acceptors (Lipinski definition) is 8. The van der Waals surface area contributed by atoms with Crippen LogP contribution in [-0.4, -0.2) is 61.4 Å². The van der Waals surface area contributed by atoms with Gasteiger partial charge in [0.25, 0.3) is 0 Å².